The van der Waals surface area contributed by atoms with Gasteiger partial charge in [-0.15, -0.1) is 0 Å². The maximum atomic E-state index is 14.3. The summed E-state index contributed by atoms with van der Waals surface area (Å²) in [5.41, 5.74) is 8.81. The van der Waals surface area contributed by atoms with Gasteiger partial charge in [-0.3, -0.25) is 4.99 Å². The zero-order valence-electron chi connectivity index (χ0n) is 14.4. The second kappa shape index (κ2) is 6.61. The topological polar surface area (TPSA) is 56.2 Å². The zero-order chi connectivity index (χ0) is 18.1. The van der Waals surface area contributed by atoms with Crippen LogP contribution in [0.4, 0.5) is 4.39 Å². The summed E-state index contributed by atoms with van der Waals surface area (Å²) in [6.07, 6.45) is 6.28. The molecule has 4 nitrogen and oxygen atoms in total. The number of benzene rings is 1. The van der Waals surface area contributed by atoms with Crippen LogP contribution in [-0.4, -0.2) is 20.5 Å². The van der Waals surface area contributed by atoms with E-state index in [0.717, 1.165) is 29.0 Å². The van der Waals surface area contributed by atoms with Crippen molar-refractivity contribution in [3.8, 4) is 16.8 Å². The molecular weight excluding hydrogens is 347 g/mol. The molecule has 0 amide bonds. The number of halogens is 1. The molecule has 1 aliphatic rings. The molecule has 0 saturated heterocycles. The molecule has 2 N–H and O–H groups in total. The van der Waals surface area contributed by atoms with Crippen molar-refractivity contribution in [2.75, 3.05) is 5.75 Å². The molecule has 1 aliphatic heterocycles. The van der Waals surface area contributed by atoms with Crippen LogP contribution < -0.4 is 5.73 Å². The number of hydrogen-bond acceptors (Lipinski definition) is 4. The molecule has 0 spiro atoms. The van der Waals surface area contributed by atoms with Crippen molar-refractivity contribution in [2.24, 2.45) is 10.7 Å². The highest BCUT2D eigenvalue weighted by Crippen LogP contribution is 2.38. The van der Waals surface area contributed by atoms with Crippen LogP contribution in [0.2, 0.25) is 0 Å². The van der Waals surface area contributed by atoms with Gasteiger partial charge in [-0.25, -0.2) is 4.98 Å². The van der Waals surface area contributed by atoms with Crippen LogP contribution in [-0.2, 0) is 5.54 Å². The summed E-state index contributed by atoms with van der Waals surface area (Å²) in [4.78, 5) is 8.50. The average molecular weight is 366 g/mol. The Morgan fingerprint density at radius 2 is 2.00 bits per heavy atom. The molecule has 3 aromatic rings. The highest BCUT2D eigenvalue weighted by Gasteiger charge is 2.30. The first kappa shape index (κ1) is 16.8. The third-order valence-corrected chi connectivity index (χ3v) is 5.50. The molecule has 0 saturated carbocycles. The van der Waals surface area contributed by atoms with Gasteiger partial charge in [0, 0.05) is 35.6 Å². The average Bonchev–Trinajstić information content (AvgIpc) is 3.16. The third-order valence-electron chi connectivity index (χ3n) is 4.71. The van der Waals surface area contributed by atoms with Gasteiger partial charge in [0.05, 0.1) is 5.54 Å². The lowest BCUT2D eigenvalue weighted by Crippen LogP contribution is -2.29. The first-order valence-electron chi connectivity index (χ1n) is 8.43. The number of nitrogens with two attached hydrogens (primary N) is 1. The molecule has 0 aliphatic carbocycles. The predicted molar refractivity (Wildman–Crippen MR) is 105 cm³/mol. The van der Waals surface area contributed by atoms with E-state index in [1.54, 1.807) is 23.9 Å². The lowest BCUT2D eigenvalue weighted by molar-refractivity contribution is 0.482. The Bertz CT molecular complexity index is 968. The maximum absolute atomic E-state index is 14.3. The second-order valence-electron chi connectivity index (χ2n) is 6.52. The van der Waals surface area contributed by atoms with Gasteiger partial charge in [0.1, 0.15) is 0 Å². The molecule has 1 atom stereocenters. The van der Waals surface area contributed by atoms with Crippen LogP contribution in [0, 0.1) is 5.95 Å². The Morgan fingerprint density at radius 1 is 1.19 bits per heavy atom. The van der Waals surface area contributed by atoms with Gasteiger partial charge >= 0.3 is 0 Å². The Labute approximate surface area is 156 Å². The summed E-state index contributed by atoms with van der Waals surface area (Å²) in [6.45, 7) is 2.08. The minimum absolute atomic E-state index is 0.425. The van der Waals surface area contributed by atoms with Gasteiger partial charge in [-0.05, 0) is 66.9 Å². The van der Waals surface area contributed by atoms with Crippen molar-refractivity contribution < 1.29 is 4.39 Å². The summed E-state index contributed by atoms with van der Waals surface area (Å²) >= 11 is 1.57. The Morgan fingerprint density at radius 3 is 2.73 bits per heavy atom. The lowest BCUT2D eigenvalue weighted by atomic mass is 9.87. The molecule has 1 aromatic carbocycles. The van der Waals surface area contributed by atoms with E-state index in [1.807, 2.05) is 41.2 Å². The highest BCUT2D eigenvalue weighted by molar-refractivity contribution is 8.13. The van der Waals surface area contributed by atoms with Crippen molar-refractivity contribution in [3.63, 3.8) is 0 Å². The number of pyridine rings is 1. The van der Waals surface area contributed by atoms with E-state index >= 15 is 0 Å². The summed E-state index contributed by atoms with van der Waals surface area (Å²) in [5, 5.41) is 0.597. The van der Waals surface area contributed by atoms with E-state index in [0.29, 0.717) is 10.7 Å². The van der Waals surface area contributed by atoms with Gasteiger partial charge in [0.2, 0.25) is 5.95 Å². The predicted octanol–water partition coefficient (Wildman–Crippen LogP) is 4.35. The van der Waals surface area contributed by atoms with Crippen LogP contribution in [0.15, 0.2) is 66.0 Å². The Kier molecular flexibility index (Phi) is 4.28. The molecule has 0 bridgehead atoms. The number of nitrogens with zero attached hydrogens (tertiary/aromatic N) is 3. The molecule has 2 aromatic heterocycles. The van der Waals surface area contributed by atoms with Crippen LogP contribution in [0.5, 0.6) is 0 Å². The molecule has 3 heterocycles. The number of thioether (sulfide) groups is 1. The SMILES string of the molecule is CC1(c2cc(-c3cccnc3F)cc(-n3cccc3)c2)CCSC(N)=N1. The van der Waals surface area contributed by atoms with E-state index in [-0.39, 0.29) is 0 Å². The Hall–Kier alpha value is -2.60. The number of aliphatic imine (C=N–C) groups is 1. The van der Waals surface area contributed by atoms with Crippen molar-refractivity contribution >= 4 is 16.9 Å². The number of aromatic nitrogens is 2. The smallest absolute Gasteiger partial charge is 0.220 e. The van der Waals surface area contributed by atoms with Gasteiger partial charge in [0.15, 0.2) is 5.17 Å². The molecule has 1 unspecified atom stereocenters. The van der Waals surface area contributed by atoms with E-state index in [2.05, 4.69) is 18.0 Å². The quantitative estimate of drug-likeness (QED) is 0.701. The van der Waals surface area contributed by atoms with E-state index in [9.17, 15) is 4.39 Å². The minimum Gasteiger partial charge on any atom is -0.379 e. The first-order chi connectivity index (χ1) is 12.5. The lowest BCUT2D eigenvalue weighted by Gasteiger charge is -2.30. The summed E-state index contributed by atoms with van der Waals surface area (Å²) in [7, 11) is 0. The normalized spacial score (nSPS) is 20.0. The third kappa shape index (κ3) is 3.12. The first-order valence-corrected chi connectivity index (χ1v) is 9.42. The van der Waals surface area contributed by atoms with E-state index < -0.39 is 11.5 Å². The van der Waals surface area contributed by atoms with Crippen molar-refractivity contribution in [1.29, 1.82) is 0 Å². The minimum atomic E-state index is -0.476. The highest BCUT2D eigenvalue weighted by atomic mass is 32.2. The zero-order valence-corrected chi connectivity index (χ0v) is 15.2. The summed E-state index contributed by atoms with van der Waals surface area (Å²) in [5.74, 6) is 0.436. The molecule has 132 valence electrons. The maximum Gasteiger partial charge on any atom is 0.220 e. The van der Waals surface area contributed by atoms with E-state index in [1.165, 1.54) is 6.20 Å². The van der Waals surface area contributed by atoms with Gasteiger partial charge < -0.3 is 10.3 Å². The monoisotopic (exact) mass is 366 g/mol. The molecule has 6 heteroatoms. The van der Waals surface area contributed by atoms with Gasteiger partial charge in [0.25, 0.3) is 0 Å². The second-order valence-corrected chi connectivity index (χ2v) is 7.64. The van der Waals surface area contributed by atoms with Crippen LogP contribution in [0.1, 0.15) is 18.9 Å². The van der Waals surface area contributed by atoms with Crippen LogP contribution >= 0.6 is 11.8 Å². The number of hydrogen-bond donors (Lipinski definition) is 1. The molecule has 0 fully saturated rings. The molecule has 4 rings (SSSR count). The standard InChI is InChI=1S/C20H19FN4S/c1-20(6-10-26-19(22)24-20)15-11-14(17-5-4-7-23-18(17)21)12-16(13-15)25-8-2-3-9-25/h2-5,7-9,11-13H,6,10H2,1H3,(H2,22,24). The fourth-order valence-corrected chi connectivity index (χ4v) is 4.20. The van der Waals surface area contributed by atoms with Crippen molar-refractivity contribution in [1.82, 2.24) is 9.55 Å². The van der Waals surface area contributed by atoms with Crippen LogP contribution in [0.25, 0.3) is 16.8 Å². The van der Waals surface area contributed by atoms with E-state index in [4.69, 9.17) is 10.7 Å². The summed E-state index contributed by atoms with van der Waals surface area (Å²) < 4.78 is 16.3. The molecule has 0 radical (unpaired) electrons. The fraction of sp³-hybridized carbons (Fsp3) is 0.200. The fourth-order valence-electron chi connectivity index (χ4n) is 3.23. The number of rotatable bonds is 3. The largest absolute Gasteiger partial charge is 0.379 e. The summed E-state index contributed by atoms with van der Waals surface area (Å²) in [6, 6.07) is 13.5. The Balaban J connectivity index is 1.92. The van der Waals surface area contributed by atoms with Gasteiger partial charge in [-0.1, -0.05) is 11.8 Å². The molecular formula is C20H19FN4S. The van der Waals surface area contributed by atoms with Crippen LogP contribution in [0.3, 0.4) is 0 Å². The van der Waals surface area contributed by atoms with Gasteiger partial charge in [-0.2, -0.15) is 4.39 Å². The molecule has 26 heavy (non-hydrogen) atoms. The van der Waals surface area contributed by atoms with Crippen molar-refractivity contribution in [3.05, 3.63) is 72.6 Å². The van der Waals surface area contributed by atoms with Crippen molar-refractivity contribution in [2.45, 2.75) is 18.9 Å². The number of amidine groups is 1.